The minimum atomic E-state index is 0.369. The zero-order valence-corrected chi connectivity index (χ0v) is 11.1. The molecule has 0 bridgehead atoms. The predicted octanol–water partition coefficient (Wildman–Crippen LogP) is 2.41. The molecule has 0 saturated heterocycles. The molecule has 0 aliphatic heterocycles. The van der Waals surface area contributed by atoms with Crippen LogP contribution >= 0.6 is 11.8 Å². The standard InChI is InChI=1S/C13H25NOS/c1-16-13-8-3-2-6-12(13)14-11-7-4-5-10(11)9-15/h10-15H,2-9H2,1H3. The highest BCUT2D eigenvalue weighted by molar-refractivity contribution is 7.99. The molecule has 94 valence electrons. The molecule has 2 aliphatic carbocycles. The van der Waals surface area contributed by atoms with Crippen molar-refractivity contribution < 1.29 is 5.11 Å². The Hall–Kier alpha value is 0.270. The van der Waals surface area contributed by atoms with Crippen LogP contribution in [0, 0.1) is 5.92 Å². The Morgan fingerprint density at radius 2 is 1.81 bits per heavy atom. The molecule has 2 fully saturated rings. The summed E-state index contributed by atoms with van der Waals surface area (Å²) in [6.07, 6.45) is 11.5. The molecule has 0 aromatic carbocycles. The van der Waals surface area contributed by atoms with Crippen molar-refractivity contribution in [2.75, 3.05) is 12.9 Å². The molecule has 0 aromatic heterocycles. The quantitative estimate of drug-likeness (QED) is 0.795. The average Bonchev–Trinajstić information content (AvgIpc) is 2.77. The van der Waals surface area contributed by atoms with Crippen LogP contribution in [0.5, 0.6) is 0 Å². The lowest BCUT2D eigenvalue weighted by atomic mass is 9.93. The van der Waals surface area contributed by atoms with Gasteiger partial charge in [-0.1, -0.05) is 19.3 Å². The van der Waals surface area contributed by atoms with E-state index in [1.165, 1.54) is 44.9 Å². The average molecular weight is 243 g/mol. The van der Waals surface area contributed by atoms with E-state index in [0.29, 0.717) is 24.6 Å². The molecule has 0 aromatic rings. The first-order valence-corrected chi connectivity index (χ1v) is 8.03. The SMILES string of the molecule is CSC1CCCCC1NC1CCCC1CO. The molecule has 2 aliphatic rings. The van der Waals surface area contributed by atoms with Gasteiger partial charge in [-0.25, -0.2) is 0 Å². The predicted molar refractivity (Wildman–Crippen MR) is 70.9 cm³/mol. The molecule has 4 atom stereocenters. The number of hydrogen-bond acceptors (Lipinski definition) is 3. The fourth-order valence-electron chi connectivity index (χ4n) is 3.32. The molecule has 2 N–H and O–H groups in total. The smallest absolute Gasteiger partial charge is 0.0474 e. The summed E-state index contributed by atoms with van der Waals surface area (Å²) in [4.78, 5) is 0. The van der Waals surface area contributed by atoms with Crippen LogP contribution in [0.4, 0.5) is 0 Å². The highest BCUT2D eigenvalue weighted by Crippen LogP contribution is 2.31. The van der Waals surface area contributed by atoms with Crippen LogP contribution in [0.2, 0.25) is 0 Å². The Morgan fingerprint density at radius 3 is 2.56 bits per heavy atom. The van der Waals surface area contributed by atoms with Crippen LogP contribution < -0.4 is 5.32 Å². The zero-order valence-electron chi connectivity index (χ0n) is 10.3. The summed E-state index contributed by atoms with van der Waals surface area (Å²) < 4.78 is 0. The molecule has 2 saturated carbocycles. The third kappa shape index (κ3) is 2.93. The highest BCUT2D eigenvalue weighted by Gasteiger charge is 2.31. The van der Waals surface area contributed by atoms with Gasteiger partial charge in [0.25, 0.3) is 0 Å². The van der Waals surface area contributed by atoms with Crippen molar-refractivity contribution in [3.8, 4) is 0 Å². The molecule has 3 heteroatoms. The molecule has 2 rings (SSSR count). The van der Waals surface area contributed by atoms with E-state index in [9.17, 15) is 5.11 Å². The third-order valence-corrected chi connectivity index (χ3v) is 5.50. The lowest BCUT2D eigenvalue weighted by Gasteiger charge is -2.34. The van der Waals surface area contributed by atoms with Gasteiger partial charge in [0.1, 0.15) is 0 Å². The summed E-state index contributed by atoms with van der Waals surface area (Å²) in [6, 6.07) is 1.28. The fraction of sp³-hybridized carbons (Fsp3) is 1.00. The van der Waals surface area contributed by atoms with E-state index in [1.807, 2.05) is 11.8 Å². The Bertz CT molecular complexity index is 212. The monoisotopic (exact) mass is 243 g/mol. The van der Waals surface area contributed by atoms with Gasteiger partial charge in [-0.2, -0.15) is 11.8 Å². The van der Waals surface area contributed by atoms with Crippen molar-refractivity contribution in [3.63, 3.8) is 0 Å². The molecule has 0 amide bonds. The summed E-state index contributed by atoms with van der Waals surface area (Å²) in [6.45, 7) is 0.369. The van der Waals surface area contributed by atoms with Gasteiger partial charge in [0.05, 0.1) is 0 Å². The summed E-state index contributed by atoms with van der Waals surface area (Å²) in [5.74, 6) is 0.518. The van der Waals surface area contributed by atoms with Crippen molar-refractivity contribution in [3.05, 3.63) is 0 Å². The van der Waals surface area contributed by atoms with E-state index in [1.54, 1.807) is 0 Å². The van der Waals surface area contributed by atoms with Crippen molar-refractivity contribution in [2.45, 2.75) is 62.3 Å². The number of nitrogens with one attached hydrogen (secondary N) is 1. The number of thioether (sulfide) groups is 1. The minimum absolute atomic E-state index is 0.369. The van der Waals surface area contributed by atoms with Crippen molar-refractivity contribution >= 4 is 11.8 Å². The number of aliphatic hydroxyl groups is 1. The van der Waals surface area contributed by atoms with E-state index >= 15 is 0 Å². The van der Waals surface area contributed by atoms with Gasteiger partial charge in [-0.15, -0.1) is 0 Å². The Morgan fingerprint density at radius 1 is 1.06 bits per heavy atom. The van der Waals surface area contributed by atoms with Gasteiger partial charge in [0, 0.05) is 23.9 Å². The first-order chi connectivity index (χ1) is 7.85. The summed E-state index contributed by atoms with van der Waals surface area (Å²) in [7, 11) is 0. The third-order valence-electron chi connectivity index (χ3n) is 4.33. The lowest BCUT2D eigenvalue weighted by molar-refractivity contribution is 0.194. The molecule has 16 heavy (non-hydrogen) atoms. The molecule has 2 nitrogen and oxygen atoms in total. The van der Waals surface area contributed by atoms with Gasteiger partial charge in [-0.05, 0) is 37.9 Å². The maximum absolute atomic E-state index is 9.34. The first-order valence-electron chi connectivity index (χ1n) is 6.75. The number of hydrogen-bond donors (Lipinski definition) is 2. The fourth-order valence-corrected chi connectivity index (χ4v) is 4.26. The van der Waals surface area contributed by atoms with Gasteiger partial charge >= 0.3 is 0 Å². The maximum Gasteiger partial charge on any atom is 0.0474 e. The second-order valence-electron chi connectivity index (χ2n) is 5.31. The Balaban J connectivity index is 1.86. The van der Waals surface area contributed by atoms with Gasteiger partial charge in [-0.3, -0.25) is 0 Å². The van der Waals surface area contributed by atoms with E-state index < -0.39 is 0 Å². The minimum Gasteiger partial charge on any atom is -0.396 e. The van der Waals surface area contributed by atoms with E-state index in [4.69, 9.17) is 0 Å². The molecule has 0 spiro atoms. The Labute approximate surface area is 104 Å². The first kappa shape index (κ1) is 12.7. The number of aliphatic hydroxyl groups excluding tert-OH is 1. The second kappa shape index (κ2) is 6.27. The van der Waals surface area contributed by atoms with Crippen LogP contribution in [0.3, 0.4) is 0 Å². The molecule has 0 radical (unpaired) electrons. The summed E-state index contributed by atoms with van der Waals surface area (Å²) in [5.41, 5.74) is 0. The highest BCUT2D eigenvalue weighted by atomic mass is 32.2. The molecular formula is C13H25NOS. The van der Waals surface area contributed by atoms with E-state index in [2.05, 4.69) is 11.6 Å². The van der Waals surface area contributed by atoms with Gasteiger partial charge < -0.3 is 10.4 Å². The van der Waals surface area contributed by atoms with Gasteiger partial charge in [0.2, 0.25) is 0 Å². The normalized spacial score (nSPS) is 40.1. The van der Waals surface area contributed by atoms with Gasteiger partial charge in [0.15, 0.2) is 0 Å². The van der Waals surface area contributed by atoms with Crippen LogP contribution in [-0.2, 0) is 0 Å². The molecule has 4 unspecified atom stereocenters. The van der Waals surface area contributed by atoms with Crippen LogP contribution in [-0.4, -0.2) is 35.3 Å². The van der Waals surface area contributed by atoms with Crippen molar-refractivity contribution in [1.82, 2.24) is 5.32 Å². The van der Waals surface area contributed by atoms with E-state index in [-0.39, 0.29) is 0 Å². The molecular weight excluding hydrogens is 218 g/mol. The van der Waals surface area contributed by atoms with Crippen LogP contribution in [0.15, 0.2) is 0 Å². The molecule has 0 heterocycles. The summed E-state index contributed by atoms with van der Waals surface area (Å²) >= 11 is 2.02. The summed E-state index contributed by atoms with van der Waals surface area (Å²) in [5, 5.41) is 14.0. The maximum atomic E-state index is 9.34. The Kier molecular flexibility index (Phi) is 4.98. The second-order valence-corrected chi connectivity index (χ2v) is 6.39. The largest absolute Gasteiger partial charge is 0.396 e. The lowest BCUT2D eigenvalue weighted by Crippen LogP contribution is -2.47. The van der Waals surface area contributed by atoms with Crippen LogP contribution in [0.25, 0.3) is 0 Å². The van der Waals surface area contributed by atoms with Crippen molar-refractivity contribution in [1.29, 1.82) is 0 Å². The van der Waals surface area contributed by atoms with Crippen molar-refractivity contribution in [2.24, 2.45) is 5.92 Å². The topological polar surface area (TPSA) is 32.3 Å². The van der Waals surface area contributed by atoms with Crippen LogP contribution in [0.1, 0.15) is 44.9 Å². The van der Waals surface area contributed by atoms with E-state index in [0.717, 1.165) is 5.25 Å². The zero-order chi connectivity index (χ0) is 11.4. The number of rotatable bonds is 4.